The minimum Gasteiger partial charge on any atom is -0.392 e. The van der Waals surface area contributed by atoms with Crippen LogP contribution >= 0.6 is 27.7 Å². The van der Waals surface area contributed by atoms with Gasteiger partial charge >= 0.3 is 0 Å². The predicted octanol–water partition coefficient (Wildman–Crippen LogP) is 4.02. The molecule has 1 aromatic rings. The third-order valence-electron chi connectivity index (χ3n) is 2.18. The Bertz CT molecular complexity index is 376. The summed E-state index contributed by atoms with van der Waals surface area (Å²) in [4.78, 5) is 0. The molecule has 1 nitrogen and oxygen atoms in total. The first-order valence-corrected chi connectivity index (χ1v) is 7.32. The van der Waals surface area contributed by atoms with Crippen molar-refractivity contribution in [3.63, 3.8) is 0 Å². The molecule has 1 aromatic carbocycles. The fourth-order valence-corrected chi connectivity index (χ4v) is 2.67. The molecule has 0 aromatic heterocycles. The molecule has 0 saturated carbocycles. The summed E-state index contributed by atoms with van der Waals surface area (Å²) in [6.07, 6.45) is 0.144. The molecule has 1 unspecified atom stereocenters. The van der Waals surface area contributed by atoms with Gasteiger partial charge in [0.15, 0.2) is 0 Å². The molecule has 0 fully saturated rings. The molecule has 0 aliphatic rings. The van der Waals surface area contributed by atoms with Crippen molar-refractivity contribution in [2.75, 3.05) is 5.75 Å². The maximum absolute atomic E-state index is 12.9. The minimum absolute atomic E-state index is 0.154. The number of rotatable bonds is 4. The summed E-state index contributed by atoms with van der Waals surface area (Å²) in [5.74, 6) is 0.423. The predicted molar refractivity (Wildman–Crippen MR) is 76.0 cm³/mol. The maximum atomic E-state index is 12.9. The lowest BCUT2D eigenvalue weighted by molar-refractivity contribution is 0.199. The third-order valence-corrected chi connectivity index (χ3v) is 4.34. The Hall–Kier alpha value is -0.0600. The van der Waals surface area contributed by atoms with E-state index in [0.717, 1.165) is 10.0 Å². The summed E-state index contributed by atoms with van der Waals surface area (Å²) in [7, 11) is 0. The summed E-state index contributed by atoms with van der Waals surface area (Å²) in [5.41, 5.74) is 0.938. The van der Waals surface area contributed by atoms with Gasteiger partial charge in [0.05, 0.1) is 6.10 Å². The average molecular weight is 321 g/mol. The van der Waals surface area contributed by atoms with Gasteiger partial charge in [0.25, 0.3) is 0 Å². The van der Waals surface area contributed by atoms with Crippen LogP contribution in [0.25, 0.3) is 0 Å². The van der Waals surface area contributed by atoms with Crippen LogP contribution in [0.1, 0.15) is 26.3 Å². The first-order chi connectivity index (χ1) is 7.78. The van der Waals surface area contributed by atoms with E-state index in [0.29, 0.717) is 12.2 Å². The molecular weight excluding hydrogens is 303 g/mol. The molecule has 4 heteroatoms. The monoisotopic (exact) mass is 320 g/mol. The SMILES string of the molecule is CC(C)(C)SCC(O)Cc1ccc(F)cc1Br. The number of aliphatic hydroxyl groups excluding tert-OH is 1. The van der Waals surface area contributed by atoms with Gasteiger partial charge in [-0.05, 0) is 17.7 Å². The molecule has 1 atom stereocenters. The minimum atomic E-state index is -0.402. The zero-order valence-electron chi connectivity index (χ0n) is 10.3. The van der Waals surface area contributed by atoms with Crippen LogP contribution in [0.2, 0.25) is 0 Å². The largest absolute Gasteiger partial charge is 0.392 e. The molecule has 0 heterocycles. The molecule has 1 N–H and O–H groups in total. The molecule has 0 spiro atoms. The lowest BCUT2D eigenvalue weighted by Crippen LogP contribution is -2.19. The molecule has 96 valence electrons. The molecule has 0 bridgehead atoms. The van der Waals surface area contributed by atoms with Crippen molar-refractivity contribution in [2.24, 2.45) is 0 Å². The van der Waals surface area contributed by atoms with Gasteiger partial charge < -0.3 is 5.11 Å². The number of thioether (sulfide) groups is 1. The van der Waals surface area contributed by atoms with Crippen molar-refractivity contribution in [3.05, 3.63) is 34.1 Å². The van der Waals surface area contributed by atoms with Crippen LogP contribution in [-0.2, 0) is 6.42 Å². The van der Waals surface area contributed by atoms with Gasteiger partial charge in [-0.3, -0.25) is 0 Å². The molecule has 0 amide bonds. The highest BCUT2D eigenvalue weighted by Gasteiger charge is 2.15. The zero-order chi connectivity index (χ0) is 13.1. The van der Waals surface area contributed by atoms with Gasteiger partial charge in [-0.1, -0.05) is 42.8 Å². The second-order valence-corrected chi connectivity index (χ2v) is 7.72. The summed E-state index contributed by atoms with van der Waals surface area (Å²) >= 11 is 5.04. The van der Waals surface area contributed by atoms with E-state index in [1.165, 1.54) is 12.1 Å². The molecule has 1 rings (SSSR count). The summed E-state index contributed by atoms with van der Waals surface area (Å²) < 4.78 is 13.8. The highest BCUT2D eigenvalue weighted by atomic mass is 79.9. The van der Waals surface area contributed by atoms with Gasteiger partial charge in [-0.15, -0.1) is 0 Å². The molecule has 0 aliphatic carbocycles. The van der Waals surface area contributed by atoms with Crippen LogP contribution in [-0.4, -0.2) is 21.7 Å². The van der Waals surface area contributed by atoms with E-state index in [-0.39, 0.29) is 10.6 Å². The molecule has 17 heavy (non-hydrogen) atoms. The maximum Gasteiger partial charge on any atom is 0.124 e. The molecule has 0 aliphatic heterocycles. The van der Waals surface area contributed by atoms with Crippen molar-refractivity contribution >= 4 is 27.7 Å². The van der Waals surface area contributed by atoms with E-state index >= 15 is 0 Å². The lowest BCUT2D eigenvalue weighted by Gasteiger charge is -2.20. The second kappa shape index (κ2) is 6.21. The highest BCUT2D eigenvalue weighted by Crippen LogP contribution is 2.26. The normalized spacial score (nSPS) is 13.8. The Labute approximate surface area is 115 Å². The van der Waals surface area contributed by atoms with Gasteiger partial charge in [-0.2, -0.15) is 11.8 Å². The van der Waals surface area contributed by atoms with Crippen LogP contribution in [0.4, 0.5) is 4.39 Å². The van der Waals surface area contributed by atoms with Gasteiger partial charge in [0.2, 0.25) is 0 Å². The third kappa shape index (κ3) is 5.89. The van der Waals surface area contributed by atoms with Crippen LogP contribution in [0, 0.1) is 5.82 Å². The Kier molecular flexibility index (Phi) is 5.48. The molecule has 0 radical (unpaired) electrons. The van der Waals surface area contributed by atoms with Crippen LogP contribution < -0.4 is 0 Å². The standard InChI is InChI=1S/C13H18BrFOS/c1-13(2,3)17-8-11(16)6-9-4-5-10(15)7-12(9)14/h4-5,7,11,16H,6,8H2,1-3H3. The van der Waals surface area contributed by atoms with Gasteiger partial charge in [0, 0.05) is 21.4 Å². The summed E-state index contributed by atoms with van der Waals surface area (Å²) in [5, 5.41) is 9.92. The number of hydrogen-bond donors (Lipinski definition) is 1. The van der Waals surface area contributed by atoms with E-state index in [4.69, 9.17) is 0 Å². The topological polar surface area (TPSA) is 20.2 Å². The van der Waals surface area contributed by atoms with Crippen molar-refractivity contribution in [2.45, 2.75) is 38.0 Å². The Morgan fingerprint density at radius 2 is 2.06 bits per heavy atom. The van der Waals surface area contributed by atoms with E-state index in [9.17, 15) is 9.50 Å². The number of aliphatic hydroxyl groups is 1. The first kappa shape index (κ1) is 15.0. The molecular formula is C13H18BrFOS. The van der Waals surface area contributed by atoms with E-state index in [2.05, 4.69) is 36.7 Å². The van der Waals surface area contributed by atoms with E-state index in [1.54, 1.807) is 17.8 Å². The smallest absolute Gasteiger partial charge is 0.124 e. The van der Waals surface area contributed by atoms with Crippen LogP contribution in [0.3, 0.4) is 0 Å². The Morgan fingerprint density at radius 3 is 2.59 bits per heavy atom. The number of benzene rings is 1. The highest BCUT2D eigenvalue weighted by molar-refractivity contribution is 9.10. The van der Waals surface area contributed by atoms with Crippen molar-refractivity contribution in [3.8, 4) is 0 Å². The van der Waals surface area contributed by atoms with Crippen molar-refractivity contribution in [1.82, 2.24) is 0 Å². The van der Waals surface area contributed by atoms with Crippen LogP contribution in [0.5, 0.6) is 0 Å². The van der Waals surface area contributed by atoms with E-state index in [1.807, 2.05) is 0 Å². The first-order valence-electron chi connectivity index (χ1n) is 5.54. The fourth-order valence-electron chi connectivity index (χ4n) is 1.35. The number of hydrogen-bond acceptors (Lipinski definition) is 2. The Balaban J connectivity index is 2.53. The fraction of sp³-hybridized carbons (Fsp3) is 0.538. The average Bonchev–Trinajstić information content (AvgIpc) is 2.18. The summed E-state index contributed by atoms with van der Waals surface area (Å²) in [6.45, 7) is 6.37. The van der Waals surface area contributed by atoms with Gasteiger partial charge in [0.1, 0.15) is 5.82 Å². The van der Waals surface area contributed by atoms with Crippen molar-refractivity contribution in [1.29, 1.82) is 0 Å². The second-order valence-electron chi connectivity index (χ2n) is 5.02. The van der Waals surface area contributed by atoms with Gasteiger partial charge in [-0.25, -0.2) is 4.39 Å². The lowest BCUT2D eigenvalue weighted by atomic mass is 10.1. The zero-order valence-corrected chi connectivity index (χ0v) is 12.7. The number of halogens is 2. The van der Waals surface area contributed by atoms with Crippen molar-refractivity contribution < 1.29 is 9.50 Å². The quantitative estimate of drug-likeness (QED) is 0.904. The summed E-state index contributed by atoms with van der Waals surface area (Å²) in [6, 6.07) is 4.56. The van der Waals surface area contributed by atoms with Crippen LogP contribution in [0.15, 0.2) is 22.7 Å². The Morgan fingerprint density at radius 1 is 1.41 bits per heavy atom. The molecule has 0 saturated heterocycles. The van der Waals surface area contributed by atoms with E-state index < -0.39 is 6.10 Å².